The van der Waals surface area contributed by atoms with Crippen LogP contribution >= 0.6 is 0 Å². The first-order valence-electron chi connectivity index (χ1n) is 4.08. The van der Waals surface area contributed by atoms with Crippen molar-refractivity contribution in [1.29, 1.82) is 0 Å². The first-order chi connectivity index (χ1) is 7.82. The van der Waals surface area contributed by atoms with Crippen molar-refractivity contribution in [1.82, 2.24) is 12.3 Å². The van der Waals surface area contributed by atoms with Gasteiger partial charge in [0.25, 0.3) is 10.8 Å². The van der Waals surface area contributed by atoms with Gasteiger partial charge in [0.2, 0.25) is 5.75 Å². The molecule has 0 radical (unpaired) electrons. The molecule has 0 aliphatic rings. The van der Waals surface area contributed by atoms with E-state index in [1.807, 2.05) is 0 Å². The predicted octanol–water partition coefficient (Wildman–Crippen LogP) is 1.70. The monoisotopic (exact) mass is 472 g/mol. The molecular weight excluding hydrogens is 461 g/mol. The van der Waals surface area contributed by atoms with Crippen molar-refractivity contribution >= 4 is 11.4 Å². The SMILES string of the molecule is Cc1cc([N+](=O)[O-])cc([N+](=O)[O-])c1O[N+](=O)[O-].N.N.[Pt+2]. The molecular formula is C7H11N5O7Pt+2. The molecule has 114 valence electrons. The van der Waals surface area contributed by atoms with Gasteiger partial charge in [0.1, 0.15) is 0 Å². The molecule has 1 aromatic rings. The Morgan fingerprint density at radius 1 is 1.00 bits per heavy atom. The van der Waals surface area contributed by atoms with Crippen LogP contribution in [0.5, 0.6) is 5.75 Å². The van der Waals surface area contributed by atoms with Gasteiger partial charge in [-0.25, -0.2) is 0 Å². The van der Waals surface area contributed by atoms with Crippen LogP contribution in [-0.4, -0.2) is 14.9 Å². The topological polar surface area (TPSA) is 209 Å². The zero-order chi connectivity index (χ0) is 13.2. The predicted molar refractivity (Wildman–Crippen MR) is 62.2 cm³/mol. The summed E-state index contributed by atoms with van der Waals surface area (Å²) in [5.41, 5.74) is -1.43. The van der Waals surface area contributed by atoms with Gasteiger partial charge >= 0.3 is 26.8 Å². The second-order valence-electron chi connectivity index (χ2n) is 2.94. The summed E-state index contributed by atoms with van der Waals surface area (Å²) in [6.45, 7) is 1.23. The van der Waals surface area contributed by atoms with Crippen LogP contribution in [0.1, 0.15) is 5.56 Å². The fraction of sp³-hybridized carbons (Fsp3) is 0.143. The molecule has 13 heteroatoms. The summed E-state index contributed by atoms with van der Waals surface area (Å²) >= 11 is 0. The summed E-state index contributed by atoms with van der Waals surface area (Å²) in [5.74, 6) is -0.620. The van der Waals surface area contributed by atoms with Crippen LogP contribution in [0.15, 0.2) is 12.1 Å². The average Bonchev–Trinajstić information content (AvgIpc) is 2.19. The maximum absolute atomic E-state index is 10.6. The van der Waals surface area contributed by atoms with Crippen LogP contribution in [0, 0.1) is 37.3 Å². The largest absolute Gasteiger partial charge is 2.00 e. The van der Waals surface area contributed by atoms with Gasteiger partial charge < -0.3 is 12.3 Å². The van der Waals surface area contributed by atoms with Gasteiger partial charge in [-0.2, -0.15) is 0 Å². The van der Waals surface area contributed by atoms with Crippen molar-refractivity contribution in [3.8, 4) is 5.75 Å². The molecule has 0 saturated heterocycles. The van der Waals surface area contributed by atoms with Crippen molar-refractivity contribution in [3.05, 3.63) is 48.0 Å². The minimum Gasteiger partial charge on any atom is -0.344 e. The van der Waals surface area contributed by atoms with E-state index in [0.29, 0.717) is 6.07 Å². The third-order valence-corrected chi connectivity index (χ3v) is 1.81. The van der Waals surface area contributed by atoms with Crippen LogP contribution in [0.25, 0.3) is 0 Å². The average molecular weight is 472 g/mol. The molecule has 0 spiro atoms. The van der Waals surface area contributed by atoms with Crippen LogP contribution in [-0.2, 0) is 21.1 Å². The number of nitro benzene ring substituents is 2. The molecule has 0 aliphatic carbocycles. The molecule has 0 fully saturated rings. The summed E-state index contributed by atoms with van der Waals surface area (Å²) in [5, 5.41) is 30.0. The minimum absolute atomic E-state index is 0. The van der Waals surface area contributed by atoms with Gasteiger partial charge in [0, 0.05) is 6.07 Å². The molecule has 0 unspecified atom stereocenters. The molecule has 0 saturated carbocycles. The van der Waals surface area contributed by atoms with Crippen molar-refractivity contribution in [3.63, 3.8) is 0 Å². The number of aryl methyl sites for hydroxylation is 1. The van der Waals surface area contributed by atoms with E-state index in [4.69, 9.17) is 0 Å². The molecule has 0 amide bonds. The molecule has 0 atom stereocenters. The standard InChI is InChI=1S/C7H5N3O7.2H3N.Pt/c1-4-2-5(8(11)12)3-6(9(13)14)7(4)17-10(15)16;;;/h2-3H,1H3;2*1H3;/q;;;+2. The molecule has 20 heavy (non-hydrogen) atoms. The number of benzene rings is 1. The van der Waals surface area contributed by atoms with E-state index in [0.717, 1.165) is 6.07 Å². The number of rotatable bonds is 4. The van der Waals surface area contributed by atoms with Crippen molar-refractivity contribution in [2.24, 2.45) is 0 Å². The van der Waals surface area contributed by atoms with E-state index < -0.39 is 32.1 Å². The number of hydrogen-bond donors (Lipinski definition) is 2. The summed E-state index contributed by atoms with van der Waals surface area (Å²) in [6, 6.07) is 1.55. The van der Waals surface area contributed by atoms with Crippen LogP contribution in [0.4, 0.5) is 11.4 Å². The fourth-order valence-electron chi connectivity index (χ4n) is 1.17. The minimum atomic E-state index is -1.22. The summed E-state index contributed by atoms with van der Waals surface area (Å²) in [4.78, 5) is 33.4. The van der Waals surface area contributed by atoms with Gasteiger partial charge in [0.15, 0.2) is 0 Å². The Hall–Kier alpha value is -2.17. The second-order valence-corrected chi connectivity index (χ2v) is 2.94. The molecule has 1 aromatic carbocycles. The summed E-state index contributed by atoms with van der Waals surface area (Å²) < 4.78 is 0. The van der Waals surface area contributed by atoms with Gasteiger partial charge in [-0.1, -0.05) is 0 Å². The van der Waals surface area contributed by atoms with Crippen LogP contribution in [0.2, 0.25) is 0 Å². The zero-order valence-electron chi connectivity index (χ0n) is 10.1. The summed E-state index contributed by atoms with van der Waals surface area (Å²) in [6.07, 6.45) is 0. The van der Waals surface area contributed by atoms with E-state index in [1.165, 1.54) is 6.92 Å². The van der Waals surface area contributed by atoms with E-state index in [2.05, 4.69) is 4.84 Å². The molecule has 0 aromatic heterocycles. The first-order valence-corrected chi connectivity index (χ1v) is 4.08. The molecule has 0 heterocycles. The quantitative estimate of drug-likeness (QED) is 0.482. The van der Waals surface area contributed by atoms with Crippen LogP contribution < -0.4 is 17.1 Å². The van der Waals surface area contributed by atoms with Gasteiger partial charge in [-0.15, -0.1) is 10.1 Å². The summed E-state index contributed by atoms with van der Waals surface area (Å²) in [7, 11) is 0. The second kappa shape index (κ2) is 8.85. The molecule has 12 nitrogen and oxygen atoms in total. The Balaban J connectivity index is -0.000000963. The Morgan fingerprint density at radius 2 is 1.50 bits per heavy atom. The van der Waals surface area contributed by atoms with Gasteiger partial charge in [0.05, 0.1) is 15.9 Å². The van der Waals surface area contributed by atoms with E-state index in [-0.39, 0.29) is 38.9 Å². The number of nitrogens with zero attached hydrogens (tertiary/aromatic N) is 3. The zero-order valence-corrected chi connectivity index (χ0v) is 12.4. The van der Waals surface area contributed by atoms with Gasteiger partial charge in [-0.05, 0) is 12.5 Å². The molecule has 0 bridgehead atoms. The third kappa shape index (κ3) is 5.22. The fourth-order valence-corrected chi connectivity index (χ4v) is 1.17. The Morgan fingerprint density at radius 3 is 1.85 bits per heavy atom. The maximum Gasteiger partial charge on any atom is 2.00 e. The van der Waals surface area contributed by atoms with E-state index in [9.17, 15) is 30.3 Å². The maximum atomic E-state index is 10.6. The molecule has 6 N–H and O–H groups in total. The van der Waals surface area contributed by atoms with Crippen molar-refractivity contribution in [2.45, 2.75) is 6.92 Å². The number of non-ortho nitro benzene ring substituents is 1. The van der Waals surface area contributed by atoms with E-state index in [1.54, 1.807) is 0 Å². The van der Waals surface area contributed by atoms with Gasteiger partial charge in [-0.3, -0.25) is 25.1 Å². The Bertz CT molecular complexity index is 523. The normalized spacial score (nSPS) is 8.25. The Kier molecular flexibility index (Phi) is 10.2. The van der Waals surface area contributed by atoms with Crippen LogP contribution in [0.3, 0.4) is 0 Å². The molecule has 1 rings (SSSR count). The van der Waals surface area contributed by atoms with E-state index >= 15 is 0 Å². The Labute approximate surface area is 125 Å². The first kappa shape index (κ1) is 23.0. The molecule has 0 aliphatic heterocycles. The number of hydrogen-bond acceptors (Lipinski definition) is 9. The number of nitro groups is 2. The van der Waals surface area contributed by atoms with Crippen molar-refractivity contribution < 1.29 is 40.8 Å². The smallest absolute Gasteiger partial charge is 0.344 e. The van der Waals surface area contributed by atoms with Crippen molar-refractivity contribution in [2.75, 3.05) is 0 Å². The third-order valence-electron chi connectivity index (χ3n) is 1.81.